The van der Waals surface area contributed by atoms with Crippen LogP contribution in [0.3, 0.4) is 0 Å². The average molecular weight is 412 g/mol. The minimum Gasteiger partial charge on any atom is -0.350 e. The van der Waals surface area contributed by atoms with Gasteiger partial charge in [0.2, 0.25) is 5.91 Å². The molecular weight excluding hydrogens is 391 g/mol. The molecule has 3 aromatic rings. The first-order valence-corrected chi connectivity index (χ1v) is 10.5. The first kappa shape index (κ1) is 20.5. The number of carbonyl (C=O) groups excluding carboxylic acids is 1. The van der Waals surface area contributed by atoms with Crippen LogP contribution in [0.15, 0.2) is 83.8 Å². The molecule has 0 aromatic heterocycles. The summed E-state index contributed by atoms with van der Waals surface area (Å²) in [6, 6.07) is 20.5. The molecule has 0 saturated heterocycles. The molecule has 1 N–H and O–H groups in total. The summed E-state index contributed by atoms with van der Waals surface area (Å²) >= 11 is 0. The van der Waals surface area contributed by atoms with Crippen LogP contribution in [-0.2, 0) is 21.4 Å². The van der Waals surface area contributed by atoms with Crippen molar-refractivity contribution in [1.29, 1.82) is 0 Å². The van der Waals surface area contributed by atoms with Gasteiger partial charge in [-0.3, -0.25) is 9.10 Å². The van der Waals surface area contributed by atoms with Gasteiger partial charge >= 0.3 is 0 Å². The number of benzene rings is 3. The number of nitrogens with one attached hydrogen (secondary N) is 1. The molecule has 0 fully saturated rings. The third-order valence-electron chi connectivity index (χ3n) is 4.31. The molecule has 150 valence electrons. The van der Waals surface area contributed by atoms with E-state index in [2.05, 4.69) is 5.32 Å². The number of hydrogen-bond donors (Lipinski definition) is 1. The van der Waals surface area contributed by atoms with Crippen molar-refractivity contribution in [2.75, 3.05) is 10.8 Å². The maximum Gasteiger partial charge on any atom is 0.264 e. The van der Waals surface area contributed by atoms with Gasteiger partial charge in [-0.15, -0.1) is 0 Å². The zero-order chi connectivity index (χ0) is 20.9. The first-order valence-electron chi connectivity index (χ1n) is 9.02. The molecule has 0 saturated carbocycles. The van der Waals surface area contributed by atoms with E-state index in [1.54, 1.807) is 18.2 Å². The van der Waals surface area contributed by atoms with Crippen molar-refractivity contribution >= 4 is 21.6 Å². The number of rotatable bonds is 7. The molecule has 0 spiro atoms. The van der Waals surface area contributed by atoms with Crippen molar-refractivity contribution in [3.63, 3.8) is 0 Å². The first-order chi connectivity index (χ1) is 13.9. The molecule has 1 amide bonds. The largest absolute Gasteiger partial charge is 0.350 e. The third kappa shape index (κ3) is 5.20. The lowest BCUT2D eigenvalue weighted by Crippen LogP contribution is -2.40. The second-order valence-electron chi connectivity index (χ2n) is 6.57. The molecule has 29 heavy (non-hydrogen) atoms. The maximum absolute atomic E-state index is 13.3. The van der Waals surface area contributed by atoms with Crippen LogP contribution in [0, 0.1) is 12.7 Å². The number of carbonyl (C=O) groups is 1. The van der Waals surface area contributed by atoms with E-state index < -0.39 is 28.3 Å². The summed E-state index contributed by atoms with van der Waals surface area (Å²) in [5.74, 6) is -0.954. The van der Waals surface area contributed by atoms with E-state index in [1.165, 1.54) is 24.3 Å². The molecule has 0 unspecified atom stereocenters. The standard InChI is InChI=1S/C22H21FN2O3S/c1-17-6-5-7-18(14-17)15-24-22(26)16-25(20-12-10-19(23)11-13-20)29(27,28)21-8-3-2-4-9-21/h2-14H,15-16H2,1H3,(H,24,26). The molecular formula is C22H21FN2O3S. The van der Waals surface area contributed by atoms with Gasteiger partial charge in [0.15, 0.2) is 0 Å². The summed E-state index contributed by atoms with van der Waals surface area (Å²) < 4.78 is 40.6. The second-order valence-corrected chi connectivity index (χ2v) is 8.43. The number of halogens is 1. The molecule has 0 radical (unpaired) electrons. The average Bonchev–Trinajstić information content (AvgIpc) is 2.72. The third-order valence-corrected chi connectivity index (χ3v) is 6.09. The molecule has 0 atom stereocenters. The lowest BCUT2D eigenvalue weighted by molar-refractivity contribution is -0.119. The normalized spacial score (nSPS) is 11.1. The lowest BCUT2D eigenvalue weighted by atomic mass is 10.1. The Hall–Kier alpha value is -3.19. The van der Waals surface area contributed by atoms with Crippen LogP contribution in [0.4, 0.5) is 10.1 Å². The fraction of sp³-hybridized carbons (Fsp3) is 0.136. The van der Waals surface area contributed by atoms with Crippen molar-refractivity contribution in [2.24, 2.45) is 0 Å². The van der Waals surface area contributed by atoms with Crippen molar-refractivity contribution in [3.05, 3.63) is 95.8 Å². The number of anilines is 1. The summed E-state index contributed by atoms with van der Waals surface area (Å²) in [6.45, 7) is 1.81. The van der Waals surface area contributed by atoms with Crippen LogP contribution in [0.25, 0.3) is 0 Å². The fourth-order valence-electron chi connectivity index (χ4n) is 2.85. The topological polar surface area (TPSA) is 66.5 Å². The predicted octanol–water partition coefficient (Wildman–Crippen LogP) is 3.65. The monoisotopic (exact) mass is 412 g/mol. The smallest absolute Gasteiger partial charge is 0.264 e. The molecule has 0 aliphatic rings. The van der Waals surface area contributed by atoms with Crippen LogP contribution in [0.1, 0.15) is 11.1 Å². The van der Waals surface area contributed by atoms with Gasteiger partial charge in [-0.25, -0.2) is 12.8 Å². The van der Waals surface area contributed by atoms with E-state index in [0.717, 1.165) is 27.6 Å². The van der Waals surface area contributed by atoms with E-state index in [1.807, 2.05) is 31.2 Å². The Morgan fingerprint density at radius 3 is 2.31 bits per heavy atom. The highest BCUT2D eigenvalue weighted by Crippen LogP contribution is 2.23. The fourth-order valence-corrected chi connectivity index (χ4v) is 4.29. The molecule has 0 bridgehead atoms. The molecule has 0 aliphatic carbocycles. The van der Waals surface area contributed by atoms with Crippen LogP contribution in [0.5, 0.6) is 0 Å². The van der Waals surface area contributed by atoms with Gasteiger partial charge in [-0.1, -0.05) is 48.0 Å². The maximum atomic E-state index is 13.3. The number of aryl methyl sites for hydroxylation is 1. The SMILES string of the molecule is Cc1cccc(CNC(=O)CN(c2ccc(F)cc2)S(=O)(=O)c2ccccc2)c1. The van der Waals surface area contributed by atoms with E-state index in [4.69, 9.17) is 0 Å². The Labute approximate surface area is 169 Å². The zero-order valence-electron chi connectivity index (χ0n) is 15.9. The highest BCUT2D eigenvalue weighted by atomic mass is 32.2. The van der Waals surface area contributed by atoms with Gasteiger partial charge in [-0.05, 0) is 48.9 Å². The Morgan fingerprint density at radius 1 is 0.966 bits per heavy atom. The summed E-state index contributed by atoms with van der Waals surface area (Å²) in [5.41, 5.74) is 2.19. The van der Waals surface area contributed by atoms with Gasteiger partial charge in [0.1, 0.15) is 12.4 Å². The van der Waals surface area contributed by atoms with Crippen LogP contribution in [0.2, 0.25) is 0 Å². The zero-order valence-corrected chi connectivity index (χ0v) is 16.7. The Bertz CT molecular complexity index is 1080. The van der Waals surface area contributed by atoms with Crippen molar-refractivity contribution in [2.45, 2.75) is 18.4 Å². The van der Waals surface area contributed by atoms with E-state index in [0.29, 0.717) is 0 Å². The summed E-state index contributed by atoms with van der Waals surface area (Å²) in [5, 5.41) is 2.74. The number of sulfonamides is 1. The molecule has 0 heterocycles. The lowest BCUT2D eigenvalue weighted by Gasteiger charge is -2.24. The second kappa shape index (κ2) is 8.87. The van der Waals surface area contributed by atoms with E-state index in [-0.39, 0.29) is 17.1 Å². The summed E-state index contributed by atoms with van der Waals surface area (Å²) in [4.78, 5) is 12.6. The molecule has 3 rings (SSSR count). The van der Waals surface area contributed by atoms with Gasteiger partial charge in [0, 0.05) is 6.54 Å². The molecule has 0 aliphatic heterocycles. The minimum absolute atomic E-state index is 0.0517. The van der Waals surface area contributed by atoms with Crippen molar-refractivity contribution in [3.8, 4) is 0 Å². The molecule has 3 aromatic carbocycles. The highest BCUT2D eigenvalue weighted by Gasteiger charge is 2.27. The summed E-state index contributed by atoms with van der Waals surface area (Å²) in [6.07, 6.45) is 0. The van der Waals surface area contributed by atoms with E-state index >= 15 is 0 Å². The molecule has 5 nitrogen and oxygen atoms in total. The van der Waals surface area contributed by atoms with Gasteiger partial charge in [-0.2, -0.15) is 0 Å². The number of nitrogens with zero attached hydrogens (tertiary/aromatic N) is 1. The summed E-state index contributed by atoms with van der Waals surface area (Å²) in [7, 11) is -4.00. The predicted molar refractivity (Wildman–Crippen MR) is 110 cm³/mol. The Morgan fingerprint density at radius 2 is 1.66 bits per heavy atom. The highest BCUT2D eigenvalue weighted by molar-refractivity contribution is 7.92. The quantitative estimate of drug-likeness (QED) is 0.644. The number of amides is 1. The van der Waals surface area contributed by atoms with Crippen molar-refractivity contribution in [1.82, 2.24) is 5.32 Å². The van der Waals surface area contributed by atoms with Gasteiger partial charge < -0.3 is 5.32 Å². The molecule has 7 heteroatoms. The Kier molecular flexibility index (Phi) is 6.29. The van der Waals surface area contributed by atoms with E-state index in [9.17, 15) is 17.6 Å². The van der Waals surface area contributed by atoms with Crippen LogP contribution >= 0.6 is 0 Å². The minimum atomic E-state index is -4.00. The van der Waals surface area contributed by atoms with Crippen molar-refractivity contribution < 1.29 is 17.6 Å². The Balaban J connectivity index is 1.83. The van der Waals surface area contributed by atoms with Gasteiger partial charge in [0.05, 0.1) is 10.6 Å². The van der Waals surface area contributed by atoms with Crippen LogP contribution < -0.4 is 9.62 Å². The van der Waals surface area contributed by atoms with Gasteiger partial charge in [0.25, 0.3) is 10.0 Å². The number of hydrogen-bond acceptors (Lipinski definition) is 3. The van der Waals surface area contributed by atoms with Crippen LogP contribution in [-0.4, -0.2) is 20.9 Å².